The molecule has 0 aliphatic rings. The highest BCUT2D eigenvalue weighted by Crippen LogP contribution is 2.24. The van der Waals surface area contributed by atoms with E-state index < -0.39 is 17.9 Å². The van der Waals surface area contributed by atoms with Gasteiger partial charge in [-0.05, 0) is 62.2 Å². The number of aromatic carboxylic acids is 1. The highest BCUT2D eigenvalue weighted by Gasteiger charge is 2.13. The normalized spacial score (nSPS) is 10.3. The number of aryl methyl sites for hydroxylation is 3. The molecule has 0 fully saturated rings. The van der Waals surface area contributed by atoms with Gasteiger partial charge in [-0.25, -0.2) is 9.78 Å². The molecule has 2 aromatic carbocycles. The average Bonchev–Trinajstić information content (AvgIpc) is 2.86. The number of ether oxygens (including phenoxy) is 1. The van der Waals surface area contributed by atoms with Crippen LogP contribution >= 0.6 is 0 Å². The predicted octanol–water partition coefficient (Wildman–Crippen LogP) is 4.45. The summed E-state index contributed by atoms with van der Waals surface area (Å²) in [5, 5.41) is 9.83. The SMILES string of the molecule is CC(=O)OC(=O)Cc1nc(C)c(C)nc1C.O=Cc1ccc2cc(-c3ccc(C(=O)O)cc3)ccc2n1. The topological polar surface area (TPSA) is 136 Å². The number of aromatic nitrogens is 3. The molecule has 0 aliphatic heterocycles. The third-order valence-electron chi connectivity index (χ3n) is 5.45. The van der Waals surface area contributed by atoms with Crippen molar-refractivity contribution in [3.05, 3.63) is 88.6 Å². The van der Waals surface area contributed by atoms with E-state index in [-0.39, 0.29) is 12.0 Å². The van der Waals surface area contributed by atoms with Gasteiger partial charge in [0.2, 0.25) is 0 Å². The molecule has 0 aliphatic carbocycles. The monoisotopic (exact) mass is 499 g/mol. The van der Waals surface area contributed by atoms with Gasteiger partial charge in [0.1, 0.15) is 5.69 Å². The van der Waals surface area contributed by atoms with E-state index in [2.05, 4.69) is 19.7 Å². The van der Waals surface area contributed by atoms with Gasteiger partial charge in [-0.2, -0.15) is 0 Å². The molecule has 0 atom stereocenters. The molecule has 4 aromatic rings. The molecule has 0 radical (unpaired) electrons. The standard InChI is InChI=1S/C17H11NO3.C11H14N2O3/c19-10-15-7-5-14-9-13(6-8-16(14)18-15)11-1-3-12(4-2-11)17(20)21;1-6-7(2)13-10(8(3)12-6)5-11(15)16-9(4)14/h1-10H,(H,20,21);5H2,1-4H3. The Morgan fingerprint density at radius 1 is 0.838 bits per heavy atom. The summed E-state index contributed by atoms with van der Waals surface area (Å²) in [5.74, 6) is -2.15. The summed E-state index contributed by atoms with van der Waals surface area (Å²) < 4.78 is 4.43. The summed E-state index contributed by atoms with van der Waals surface area (Å²) in [6, 6.07) is 15.9. The van der Waals surface area contributed by atoms with Crippen molar-refractivity contribution in [2.75, 3.05) is 0 Å². The van der Waals surface area contributed by atoms with Gasteiger partial charge < -0.3 is 9.84 Å². The molecule has 9 nitrogen and oxygen atoms in total. The summed E-state index contributed by atoms with van der Waals surface area (Å²) in [6.45, 7) is 6.64. The van der Waals surface area contributed by atoms with Crippen LogP contribution in [0.4, 0.5) is 0 Å². The fourth-order valence-corrected chi connectivity index (χ4v) is 3.45. The van der Waals surface area contributed by atoms with Crippen molar-refractivity contribution in [1.82, 2.24) is 15.0 Å². The molecule has 4 rings (SSSR count). The van der Waals surface area contributed by atoms with Crippen molar-refractivity contribution in [2.45, 2.75) is 34.1 Å². The minimum Gasteiger partial charge on any atom is -0.478 e. The second kappa shape index (κ2) is 11.8. The fourth-order valence-electron chi connectivity index (χ4n) is 3.45. The van der Waals surface area contributed by atoms with Gasteiger partial charge in [-0.15, -0.1) is 0 Å². The van der Waals surface area contributed by atoms with Gasteiger partial charge in [0.05, 0.1) is 40.3 Å². The molecular formula is C28H25N3O6. The van der Waals surface area contributed by atoms with Gasteiger partial charge in [0.15, 0.2) is 6.29 Å². The fraction of sp³-hybridized carbons (Fsp3) is 0.179. The minimum absolute atomic E-state index is 0.0282. The molecule has 0 unspecified atom stereocenters. The van der Waals surface area contributed by atoms with Crippen molar-refractivity contribution in [2.24, 2.45) is 0 Å². The van der Waals surface area contributed by atoms with E-state index in [1.54, 1.807) is 37.3 Å². The first-order valence-electron chi connectivity index (χ1n) is 11.3. The lowest BCUT2D eigenvalue weighted by Gasteiger charge is -2.06. The molecule has 0 spiro atoms. The van der Waals surface area contributed by atoms with Crippen LogP contribution in [0, 0.1) is 20.8 Å². The summed E-state index contributed by atoms with van der Waals surface area (Å²) >= 11 is 0. The molecule has 0 bridgehead atoms. The summed E-state index contributed by atoms with van der Waals surface area (Å²) in [4.78, 5) is 56.1. The number of carboxylic acid groups (broad SMARTS) is 1. The number of pyridine rings is 1. The Labute approximate surface area is 213 Å². The van der Waals surface area contributed by atoms with E-state index >= 15 is 0 Å². The Kier molecular flexibility index (Phi) is 8.52. The maximum absolute atomic E-state index is 11.3. The zero-order valence-electron chi connectivity index (χ0n) is 20.8. The first-order valence-corrected chi connectivity index (χ1v) is 11.3. The Morgan fingerprint density at radius 3 is 2.11 bits per heavy atom. The van der Waals surface area contributed by atoms with Crippen LogP contribution in [0.25, 0.3) is 22.0 Å². The van der Waals surface area contributed by atoms with Crippen molar-refractivity contribution >= 4 is 35.1 Å². The summed E-state index contributed by atoms with van der Waals surface area (Å²) in [5.41, 5.74) is 6.17. The maximum Gasteiger partial charge on any atom is 0.335 e. The van der Waals surface area contributed by atoms with E-state index in [4.69, 9.17) is 5.11 Å². The van der Waals surface area contributed by atoms with Crippen LogP contribution in [0.2, 0.25) is 0 Å². The lowest BCUT2D eigenvalue weighted by molar-refractivity contribution is -0.157. The van der Waals surface area contributed by atoms with Crippen LogP contribution in [0.3, 0.4) is 0 Å². The number of benzene rings is 2. The molecular weight excluding hydrogens is 474 g/mol. The van der Waals surface area contributed by atoms with Gasteiger partial charge in [0, 0.05) is 12.3 Å². The molecule has 2 aromatic heterocycles. The van der Waals surface area contributed by atoms with Crippen molar-refractivity contribution in [3.8, 4) is 11.1 Å². The molecule has 1 N–H and O–H groups in total. The number of carbonyl (C=O) groups is 4. The van der Waals surface area contributed by atoms with Crippen LogP contribution < -0.4 is 0 Å². The van der Waals surface area contributed by atoms with Crippen LogP contribution in [0.15, 0.2) is 54.6 Å². The first kappa shape index (κ1) is 26.8. The number of nitrogens with zero attached hydrogens (tertiary/aromatic N) is 3. The molecule has 0 saturated heterocycles. The van der Waals surface area contributed by atoms with Crippen molar-refractivity contribution in [1.29, 1.82) is 0 Å². The molecule has 2 heterocycles. The van der Waals surface area contributed by atoms with Gasteiger partial charge in [0.25, 0.3) is 0 Å². The molecule has 0 saturated carbocycles. The second-order valence-electron chi connectivity index (χ2n) is 8.21. The van der Waals surface area contributed by atoms with Crippen LogP contribution in [0.5, 0.6) is 0 Å². The lowest BCUT2D eigenvalue weighted by Crippen LogP contribution is -2.14. The number of aldehydes is 1. The highest BCUT2D eigenvalue weighted by atomic mass is 16.6. The van der Waals surface area contributed by atoms with E-state index in [9.17, 15) is 19.2 Å². The van der Waals surface area contributed by atoms with E-state index in [1.807, 2.05) is 38.1 Å². The van der Waals surface area contributed by atoms with Gasteiger partial charge in [-0.3, -0.25) is 24.4 Å². The van der Waals surface area contributed by atoms with Crippen molar-refractivity contribution in [3.63, 3.8) is 0 Å². The summed E-state index contributed by atoms with van der Waals surface area (Å²) in [6.07, 6.45) is 0.692. The number of hydrogen-bond donors (Lipinski definition) is 1. The first-order chi connectivity index (χ1) is 17.6. The second-order valence-corrected chi connectivity index (χ2v) is 8.21. The average molecular weight is 500 g/mol. The molecule has 37 heavy (non-hydrogen) atoms. The molecule has 9 heteroatoms. The number of carboxylic acids is 1. The van der Waals surface area contributed by atoms with Crippen molar-refractivity contribution < 1.29 is 29.0 Å². The van der Waals surface area contributed by atoms with Crippen LogP contribution in [-0.2, 0) is 20.7 Å². The molecule has 0 amide bonds. The number of esters is 2. The Bertz CT molecular complexity index is 1500. The third-order valence-corrected chi connectivity index (χ3v) is 5.45. The summed E-state index contributed by atoms with van der Waals surface area (Å²) in [7, 11) is 0. The van der Waals surface area contributed by atoms with Gasteiger partial charge >= 0.3 is 17.9 Å². The quantitative estimate of drug-likeness (QED) is 0.240. The highest BCUT2D eigenvalue weighted by molar-refractivity contribution is 5.90. The number of rotatable bonds is 5. The maximum atomic E-state index is 11.3. The Morgan fingerprint density at radius 2 is 1.49 bits per heavy atom. The minimum atomic E-state index is -0.939. The van der Waals surface area contributed by atoms with E-state index in [0.717, 1.165) is 39.7 Å². The number of carbonyl (C=O) groups excluding carboxylic acids is 3. The predicted molar refractivity (Wildman–Crippen MR) is 136 cm³/mol. The lowest BCUT2D eigenvalue weighted by atomic mass is 10.0. The largest absolute Gasteiger partial charge is 0.478 e. The molecule has 188 valence electrons. The zero-order chi connectivity index (χ0) is 27.1. The van der Waals surface area contributed by atoms with E-state index in [1.165, 1.54) is 6.92 Å². The Balaban J connectivity index is 0.000000214. The van der Waals surface area contributed by atoms with Crippen LogP contribution in [0.1, 0.15) is 50.5 Å². The smallest absolute Gasteiger partial charge is 0.335 e. The Hall–Kier alpha value is -4.79. The van der Waals surface area contributed by atoms with Crippen LogP contribution in [-0.4, -0.2) is 44.3 Å². The number of fused-ring (bicyclic) bond motifs is 1. The number of hydrogen-bond acceptors (Lipinski definition) is 8. The van der Waals surface area contributed by atoms with Gasteiger partial charge in [-0.1, -0.05) is 24.3 Å². The zero-order valence-corrected chi connectivity index (χ0v) is 20.8. The third kappa shape index (κ3) is 7.11. The van der Waals surface area contributed by atoms with E-state index in [0.29, 0.717) is 17.1 Å².